The largest absolute Gasteiger partial charge is 0.383 e. The molecule has 0 rings (SSSR count). The Balaban J connectivity index is 4.29. The van der Waals surface area contributed by atoms with Gasteiger partial charge in [0.25, 0.3) is 0 Å². The predicted octanol–water partition coefficient (Wildman–Crippen LogP) is -1.25. The molecule has 1 N–H and O–H groups in total. The summed E-state index contributed by atoms with van der Waals surface area (Å²) in [6, 6.07) is 1.73. The minimum Gasteiger partial charge on any atom is -0.383 e. The van der Waals surface area contributed by atoms with Crippen molar-refractivity contribution in [1.82, 2.24) is 10.2 Å². The topological polar surface area (TPSA) is 91.7 Å². The molecule has 0 aromatic carbocycles. The molecule has 0 heterocycles. The molecule has 2 amide bonds. The number of methoxy groups -OCH3 is 2. The van der Waals surface area contributed by atoms with Crippen LogP contribution < -0.4 is 5.32 Å². The van der Waals surface area contributed by atoms with Crippen molar-refractivity contribution in [1.29, 1.82) is 5.26 Å². The quantitative estimate of drug-likeness (QED) is 0.445. The standard InChI is InChI=1S/C10H17N3O4/c1-16-7-5-13(6-8-17-2)10(15)9(14)12-4-3-11/h4-8H2,1-2H3,(H,12,14). The van der Waals surface area contributed by atoms with Crippen molar-refractivity contribution >= 4 is 11.8 Å². The Hall–Kier alpha value is -1.65. The third-order valence-corrected chi connectivity index (χ3v) is 1.94. The van der Waals surface area contributed by atoms with E-state index in [1.54, 1.807) is 6.07 Å². The number of carbonyl (C=O) groups is 2. The van der Waals surface area contributed by atoms with Crippen LogP contribution in [-0.2, 0) is 19.1 Å². The lowest BCUT2D eigenvalue weighted by atomic mass is 10.4. The molecule has 96 valence electrons. The number of nitriles is 1. The van der Waals surface area contributed by atoms with Crippen LogP contribution >= 0.6 is 0 Å². The van der Waals surface area contributed by atoms with E-state index in [-0.39, 0.29) is 6.54 Å². The Bertz CT molecular complexity index is 280. The van der Waals surface area contributed by atoms with Crippen LogP contribution in [0.25, 0.3) is 0 Å². The zero-order valence-electron chi connectivity index (χ0n) is 10.1. The lowest BCUT2D eigenvalue weighted by molar-refractivity contribution is -0.146. The van der Waals surface area contributed by atoms with Crippen LogP contribution in [0.1, 0.15) is 0 Å². The average Bonchev–Trinajstić information content (AvgIpc) is 2.35. The smallest absolute Gasteiger partial charge is 0.312 e. The van der Waals surface area contributed by atoms with Gasteiger partial charge in [-0.2, -0.15) is 5.26 Å². The first-order valence-corrected chi connectivity index (χ1v) is 5.09. The fourth-order valence-corrected chi connectivity index (χ4v) is 1.06. The summed E-state index contributed by atoms with van der Waals surface area (Å²) in [5.41, 5.74) is 0. The molecule has 0 saturated heterocycles. The fraction of sp³-hybridized carbons (Fsp3) is 0.700. The van der Waals surface area contributed by atoms with Gasteiger partial charge in [-0.3, -0.25) is 9.59 Å². The molecule has 0 spiro atoms. The Morgan fingerprint density at radius 1 is 1.24 bits per heavy atom. The maximum Gasteiger partial charge on any atom is 0.312 e. The minimum atomic E-state index is -0.793. The number of ether oxygens (including phenoxy) is 2. The fourth-order valence-electron chi connectivity index (χ4n) is 1.06. The molecule has 0 atom stereocenters. The van der Waals surface area contributed by atoms with Crippen molar-refractivity contribution < 1.29 is 19.1 Å². The molecular weight excluding hydrogens is 226 g/mol. The van der Waals surface area contributed by atoms with Crippen molar-refractivity contribution in [3.05, 3.63) is 0 Å². The third kappa shape index (κ3) is 6.50. The molecule has 0 bridgehead atoms. The van der Waals surface area contributed by atoms with Crippen LogP contribution in [0.3, 0.4) is 0 Å². The van der Waals surface area contributed by atoms with E-state index in [0.29, 0.717) is 26.3 Å². The zero-order valence-corrected chi connectivity index (χ0v) is 10.1. The molecule has 7 heteroatoms. The third-order valence-electron chi connectivity index (χ3n) is 1.94. The molecule has 0 aromatic rings. The maximum atomic E-state index is 11.7. The Morgan fingerprint density at radius 3 is 2.18 bits per heavy atom. The van der Waals surface area contributed by atoms with Gasteiger partial charge in [-0.25, -0.2) is 0 Å². The minimum absolute atomic E-state index is 0.188. The highest BCUT2D eigenvalue weighted by molar-refractivity contribution is 6.35. The molecule has 0 saturated carbocycles. The summed E-state index contributed by atoms with van der Waals surface area (Å²) in [7, 11) is 3.02. The number of hydrogen-bond acceptors (Lipinski definition) is 5. The van der Waals surface area contributed by atoms with Crippen molar-refractivity contribution in [3.63, 3.8) is 0 Å². The summed E-state index contributed by atoms with van der Waals surface area (Å²) in [6.07, 6.45) is 0. The van der Waals surface area contributed by atoms with Crippen LogP contribution in [0, 0.1) is 11.3 Å². The first kappa shape index (κ1) is 15.3. The first-order valence-electron chi connectivity index (χ1n) is 5.09. The summed E-state index contributed by atoms with van der Waals surface area (Å²) in [6.45, 7) is 1.09. The highest BCUT2D eigenvalue weighted by atomic mass is 16.5. The van der Waals surface area contributed by atoms with Gasteiger partial charge < -0.3 is 19.7 Å². The Morgan fingerprint density at radius 2 is 1.76 bits per heavy atom. The summed E-state index contributed by atoms with van der Waals surface area (Å²) in [5.74, 6) is -1.48. The van der Waals surface area contributed by atoms with Crippen molar-refractivity contribution in [2.24, 2.45) is 0 Å². The Kier molecular flexibility index (Phi) is 8.64. The van der Waals surface area contributed by atoms with Gasteiger partial charge in [-0.1, -0.05) is 0 Å². The van der Waals surface area contributed by atoms with E-state index in [1.807, 2.05) is 0 Å². The second-order valence-electron chi connectivity index (χ2n) is 3.12. The highest BCUT2D eigenvalue weighted by Gasteiger charge is 2.20. The van der Waals surface area contributed by atoms with Gasteiger partial charge in [0.05, 0.1) is 19.3 Å². The number of amides is 2. The molecule has 0 radical (unpaired) electrons. The lowest BCUT2D eigenvalue weighted by Crippen LogP contribution is -2.45. The molecule has 0 unspecified atom stereocenters. The van der Waals surface area contributed by atoms with Gasteiger partial charge in [0.2, 0.25) is 0 Å². The second-order valence-corrected chi connectivity index (χ2v) is 3.12. The average molecular weight is 243 g/mol. The number of nitrogens with one attached hydrogen (secondary N) is 1. The SMILES string of the molecule is COCCN(CCOC)C(=O)C(=O)NCC#N. The molecule has 7 nitrogen and oxygen atoms in total. The first-order chi connectivity index (χ1) is 8.17. The van der Waals surface area contributed by atoms with Gasteiger partial charge >= 0.3 is 11.8 Å². The second kappa shape index (κ2) is 9.57. The van der Waals surface area contributed by atoms with E-state index in [0.717, 1.165) is 0 Å². The molecule has 0 aromatic heterocycles. The van der Waals surface area contributed by atoms with Gasteiger partial charge in [0.1, 0.15) is 6.54 Å². The molecule has 17 heavy (non-hydrogen) atoms. The monoisotopic (exact) mass is 243 g/mol. The summed E-state index contributed by atoms with van der Waals surface area (Å²) < 4.78 is 9.69. The van der Waals surface area contributed by atoms with Gasteiger partial charge in [-0.15, -0.1) is 0 Å². The van der Waals surface area contributed by atoms with Crippen LogP contribution in [0.4, 0.5) is 0 Å². The predicted molar refractivity (Wildman–Crippen MR) is 59.0 cm³/mol. The lowest BCUT2D eigenvalue weighted by Gasteiger charge is -2.20. The molecule has 0 fully saturated rings. The van der Waals surface area contributed by atoms with Crippen molar-refractivity contribution in [3.8, 4) is 6.07 Å². The van der Waals surface area contributed by atoms with E-state index in [4.69, 9.17) is 14.7 Å². The molecule has 0 aliphatic heterocycles. The van der Waals surface area contributed by atoms with E-state index in [9.17, 15) is 9.59 Å². The van der Waals surface area contributed by atoms with E-state index < -0.39 is 11.8 Å². The number of nitrogens with zero attached hydrogens (tertiary/aromatic N) is 2. The maximum absolute atomic E-state index is 11.7. The number of hydrogen-bond donors (Lipinski definition) is 1. The van der Waals surface area contributed by atoms with E-state index in [2.05, 4.69) is 5.32 Å². The molecule has 0 aliphatic rings. The zero-order chi connectivity index (χ0) is 13.1. The van der Waals surface area contributed by atoms with Crippen LogP contribution in [0.15, 0.2) is 0 Å². The van der Waals surface area contributed by atoms with Crippen LogP contribution in [0.5, 0.6) is 0 Å². The number of carbonyl (C=O) groups excluding carboxylic acids is 2. The van der Waals surface area contributed by atoms with Gasteiger partial charge in [0, 0.05) is 27.3 Å². The summed E-state index contributed by atoms with van der Waals surface area (Å²) >= 11 is 0. The summed E-state index contributed by atoms with van der Waals surface area (Å²) in [4.78, 5) is 24.3. The van der Waals surface area contributed by atoms with Crippen molar-refractivity contribution in [2.45, 2.75) is 0 Å². The summed E-state index contributed by atoms with van der Waals surface area (Å²) in [5, 5.41) is 10.5. The van der Waals surface area contributed by atoms with Gasteiger partial charge in [-0.05, 0) is 0 Å². The van der Waals surface area contributed by atoms with Crippen LogP contribution in [-0.4, -0.2) is 63.8 Å². The van der Waals surface area contributed by atoms with Crippen LogP contribution in [0.2, 0.25) is 0 Å². The van der Waals surface area contributed by atoms with Crippen molar-refractivity contribution in [2.75, 3.05) is 47.1 Å². The normalized spacial score (nSPS) is 9.47. The Labute approximate surface area is 100 Å². The molecule has 0 aliphatic carbocycles. The molecular formula is C10H17N3O4. The number of rotatable bonds is 7. The van der Waals surface area contributed by atoms with Gasteiger partial charge in [0.15, 0.2) is 0 Å². The highest BCUT2D eigenvalue weighted by Crippen LogP contribution is 1.91. The van der Waals surface area contributed by atoms with E-state index >= 15 is 0 Å². The van der Waals surface area contributed by atoms with E-state index in [1.165, 1.54) is 19.1 Å².